The van der Waals surface area contributed by atoms with Crippen LogP contribution in [0.1, 0.15) is 0 Å². The summed E-state index contributed by atoms with van der Waals surface area (Å²) in [6.07, 6.45) is 1.71. The number of hydrogen-bond acceptors (Lipinski definition) is 4. The smallest absolute Gasteiger partial charge is 0.347 e. The number of rotatable bonds is 1. The summed E-state index contributed by atoms with van der Waals surface area (Å²) >= 11 is 5.88. The van der Waals surface area contributed by atoms with Crippen molar-refractivity contribution in [3.05, 3.63) is 70.2 Å². The van der Waals surface area contributed by atoms with Gasteiger partial charge in [-0.25, -0.2) is 9.78 Å². The van der Waals surface area contributed by atoms with E-state index in [4.69, 9.17) is 16.0 Å². The molecule has 2 aromatic heterocycles. The van der Waals surface area contributed by atoms with Crippen LogP contribution in [0.15, 0.2) is 63.9 Å². The lowest BCUT2D eigenvalue weighted by atomic mass is 10.1. The van der Waals surface area contributed by atoms with E-state index in [1.165, 1.54) is 0 Å². The minimum atomic E-state index is -0.416. The van der Waals surface area contributed by atoms with Crippen LogP contribution in [0.3, 0.4) is 0 Å². The lowest BCUT2D eigenvalue weighted by Crippen LogP contribution is -2.03. The molecule has 0 radical (unpaired) electrons. The van der Waals surface area contributed by atoms with Gasteiger partial charge in [0, 0.05) is 22.2 Å². The zero-order valence-corrected chi connectivity index (χ0v) is 12.0. The van der Waals surface area contributed by atoms with Crippen LogP contribution in [0.2, 0.25) is 5.02 Å². The fourth-order valence-corrected chi connectivity index (χ4v) is 2.53. The number of pyridine rings is 1. The maximum Gasteiger partial charge on any atom is 0.347 e. The molecule has 0 bridgehead atoms. The van der Waals surface area contributed by atoms with Crippen LogP contribution < -0.4 is 5.63 Å². The van der Waals surface area contributed by atoms with E-state index < -0.39 is 5.63 Å². The second-order valence-electron chi connectivity index (χ2n) is 4.85. The predicted molar refractivity (Wildman–Crippen MR) is 86.0 cm³/mol. The second kappa shape index (κ2) is 4.93. The van der Waals surface area contributed by atoms with E-state index >= 15 is 0 Å². The van der Waals surface area contributed by atoms with Gasteiger partial charge in [-0.05, 0) is 48.5 Å². The number of nitrogens with zero attached hydrogens (tertiary/aromatic N) is 2. The summed E-state index contributed by atoms with van der Waals surface area (Å²) in [5.41, 5.74) is 1.66. The van der Waals surface area contributed by atoms with Crippen molar-refractivity contribution < 1.29 is 4.42 Å². The van der Waals surface area contributed by atoms with Crippen molar-refractivity contribution >= 4 is 33.4 Å². The van der Waals surface area contributed by atoms with Crippen LogP contribution in [-0.2, 0) is 0 Å². The first kappa shape index (κ1) is 13.0. The van der Waals surface area contributed by atoms with E-state index in [1.807, 2.05) is 12.1 Å². The average Bonchev–Trinajstić information content (AvgIpc) is 2.55. The highest BCUT2D eigenvalue weighted by atomic mass is 35.5. The number of benzene rings is 2. The Hall–Kier alpha value is -2.72. The summed E-state index contributed by atoms with van der Waals surface area (Å²) < 4.78 is 5.34. The second-order valence-corrected chi connectivity index (χ2v) is 5.28. The summed E-state index contributed by atoms with van der Waals surface area (Å²) in [5.74, 6) is 0.269. The van der Waals surface area contributed by atoms with Gasteiger partial charge in [-0.2, -0.15) is 0 Å². The van der Waals surface area contributed by atoms with Crippen molar-refractivity contribution in [3.63, 3.8) is 0 Å². The standard InChI is InChI=1S/C17H9ClN2O2/c18-11-5-3-10(4-6-11)16-20-15-12-2-1-9-19-14(12)8-7-13(15)17(21)22-16/h1-9H. The Balaban J connectivity index is 2.08. The molecule has 5 heteroatoms. The normalized spacial score (nSPS) is 11.1. The van der Waals surface area contributed by atoms with Gasteiger partial charge in [0.2, 0.25) is 5.89 Å². The lowest BCUT2D eigenvalue weighted by molar-refractivity contribution is 0.518. The molecule has 106 valence electrons. The lowest BCUT2D eigenvalue weighted by Gasteiger charge is -2.04. The molecule has 0 aliphatic heterocycles. The fraction of sp³-hybridized carbons (Fsp3) is 0. The molecule has 0 N–H and O–H groups in total. The molecule has 2 heterocycles. The Morgan fingerprint density at radius 1 is 0.955 bits per heavy atom. The summed E-state index contributed by atoms with van der Waals surface area (Å²) in [4.78, 5) is 21.0. The molecule has 2 aromatic carbocycles. The first-order valence-electron chi connectivity index (χ1n) is 6.67. The van der Waals surface area contributed by atoms with E-state index in [1.54, 1.807) is 42.6 Å². The van der Waals surface area contributed by atoms with Gasteiger partial charge in [-0.15, -0.1) is 0 Å². The van der Waals surface area contributed by atoms with E-state index in [-0.39, 0.29) is 5.89 Å². The molecular formula is C17H9ClN2O2. The van der Waals surface area contributed by atoms with Crippen molar-refractivity contribution in [2.75, 3.05) is 0 Å². The van der Waals surface area contributed by atoms with Crippen LogP contribution >= 0.6 is 11.6 Å². The number of hydrogen-bond donors (Lipinski definition) is 0. The highest BCUT2D eigenvalue weighted by molar-refractivity contribution is 6.30. The van der Waals surface area contributed by atoms with Gasteiger partial charge in [-0.3, -0.25) is 4.98 Å². The van der Waals surface area contributed by atoms with Gasteiger partial charge < -0.3 is 4.42 Å². The van der Waals surface area contributed by atoms with Crippen LogP contribution in [0.5, 0.6) is 0 Å². The molecule has 0 fully saturated rings. The van der Waals surface area contributed by atoms with Crippen LogP contribution in [-0.4, -0.2) is 9.97 Å². The van der Waals surface area contributed by atoms with E-state index in [0.717, 1.165) is 10.9 Å². The van der Waals surface area contributed by atoms with E-state index in [2.05, 4.69) is 9.97 Å². The quantitative estimate of drug-likeness (QED) is 0.498. The maximum atomic E-state index is 12.2. The van der Waals surface area contributed by atoms with Gasteiger partial charge in [0.05, 0.1) is 16.4 Å². The van der Waals surface area contributed by atoms with Gasteiger partial charge in [-0.1, -0.05) is 11.6 Å². The number of aromatic nitrogens is 2. The minimum absolute atomic E-state index is 0.269. The Bertz CT molecular complexity index is 1060. The van der Waals surface area contributed by atoms with Crippen molar-refractivity contribution in [1.29, 1.82) is 0 Å². The Morgan fingerprint density at radius 3 is 2.59 bits per heavy atom. The third kappa shape index (κ3) is 2.05. The van der Waals surface area contributed by atoms with E-state index in [0.29, 0.717) is 21.5 Å². The van der Waals surface area contributed by atoms with Crippen LogP contribution in [0.4, 0.5) is 0 Å². The number of fused-ring (bicyclic) bond motifs is 3. The first-order chi connectivity index (χ1) is 10.7. The van der Waals surface area contributed by atoms with Crippen molar-refractivity contribution in [2.45, 2.75) is 0 Å². The first-order valence-corrected chi connectivity index (χ1v) is 7.05. The zero-order chi connectivity index (χ0) is 15.1. The third-order valence-corrected chi connectivity index (χ3v) is 3.72. The summed E-state index contributed by atoms with van der Waals surface area (Å²) in [7, 11) is 0. The van der Waals surface area contributed by atoms with Gasteiger partial charge in [0.1, 0.15) is 0 Å². The predicted octanol–water partition coefficient (Wildman–Crippen LogP) is 4.06. The molecule has 22 heavy (non-hydrogen) atoms. The molecule has 4 rings (SSSR count). The molecule has 4 aromatic rings. The van der Waals surface area contributed by atoms with Crippen LogP contribution in [0, 0.1) is 0 Å². The fourth-order valence-electron chi connectivity index (χ4n) is 2.41. The van der Waals surface area contributed by atoms with Crippen LogP contribution in [0.25, 0.3) is 33.3 Å². The summed E-state index contributed by atoms with van der Waals surface area (Å²) in [5, 5.41) is 1.88. The van der Waals surface area contributed by atoms with Gasteiger partial charge in [0.25, 0.3) is 0 Å². The van der Waals surface area contributed by atoms with Gasteiger partial charge >= 0.3 is 5.63 Å². The minimum Gasteiger partial charge on any atom is -0.403 e. The molecule has 4 nitrogen and oxygen atoms in total. The molecule has 0 unspecified atom stereocenters. The Labute approximate surface area is 130 Å². The molecule has 0 aliphatic carbocycles. The molecule has 0 saturated carbocycles. The molecule has 0 amide bonds. The van der Waals surface area contributed by atoms with Crippen molar-refractivity contribution in [1.82, 2.24) is 9.97 Å². The SMILES string of the molecule is O=c1oc(-c2ccc(Cl)cc2)nc2c1ccc1ncccc12. The highest BCUT2D eigenvalue weighted by Gasteiger charge is 2.11. The Morgan fingerprint density at radius 2 is 1.77 bits per heavy atom. The zero-order valence-electron chi connectivity index (χ0n) is 11.3. The van der Waals surface area contributed by atoms with Gasteiger partial charge in [0.15, 0.2) is 0 Å². The average molecular weight is 309 g/mol. The molecule has 0 spiro atoms. The number of halogens is 1. The molecule has 0 atom stereocenters. The monoisotopic (exact) mass is 308 g/mol. The van der Waals surface area contributed by atoms with Crippen molar-refractivity contribution in [2.24, 2.45) is 0 Å². The molecule has 0 aliphatic rings. The highest BCUT2D eigenvalue weighted by Crippen LogP contribution is 2.24. The van der Waals surface area contributed by atoms with E-state index in [9.17, 15) is 4.79 Å². The van der Waals surface area contributed by atoms with Crippen molar-refractivity contribution in [3.8, 4) is 11.5 Å². The summed E-state index contributed by atoms with van der Waals surface area (Å²) in [6.45, 7) is 0. The Kier molecular flexibility index (Phi) is 2.91. The third-order valence-electron chi connectivity index (χ3n) is 3.47. The summed E-state index contributed by atoms with van der Waals surface area (Å²) in [6, 6.07) is 14.2. The largest absolute Gasteiger partial charge is 0.403 e. The maximum absolute atomic E-state index is 12.2. The molecule has 0 saturated heterocycles. The molecular weight excluding hydrogens is 300 g/mol. The topological polar surface area (TPSA) is 56.0 Å².